The van der Waals surface area contributed by atoms with Crippen LogP contribution in [0.5, 0.6) is 0 Å². The first-order chi connectivity index (χ1) is 6.41. The Kier molecular flexibility index (Phi) is 4.00. The number of rotatable bonds is 2. The van der Waals surface area contributed by atoms with Gasteiger partial charge < -0.3 is 5.32 Å². The molecule has 0 amide bonds. The first-order valence-electron chi connectivity index (χ1n) is 6.17. The van der Waals surface area contributed by atoms with Gasteiger partial charge in [-0.2, -0.15) is 0 Å². The maximum absolute atomic E-state index is 3.74. The summed E-state index contributed by atoms with van der Waals surface area (Å²) in [4.78, 5) is 0. The highest BCUT2D eigenvalue weighted by Gasteiger charge is 2.33. The molecule has 2 atom stereocenters. The van der Waals surface area contributed by atoms with Crippen LogP contribution in [0.1, 0.15) is 60.3 Å². The lowest BCUT2D eigenvalue weighted by atomic mass is 9.69. The lowest BCUT2D eigenvalue weighted by Crippen LogP contribution is -2.46. The summed E-state index contributed by atoms with van der Waals surface area (Å²) in [6, 6.07) is 1.38. The van der Waals surface area contributed by atoms with Gasteiger partial charge in [0, 0.05) is 12.1 Å². The lowest BCUT2D eigenvalue weighted by molar-refractivity contribution is 0.126. The predicted molar refractivity (Wildman–Crippen MR) is 63.5 cm³/mol. The Balaban J connectivity index is 2.59. The van der Waals surface area contributed by atoms with Gasteiger partial charge in [-0.15, -0.1) is 0 Å². The van der Waals surface area contributed by atoms with Crippen molar-refractivity contribution in [3.8, 4) is 0 Å². The van der Waals surface area contributed by atoms with Crippen molar-refractivity contribution in [1.29, 1.82) is 0 Å². The van der Waals surface area contributed by atoms with Crippen molar-refractivity contribution in [2.24, 2.45) is 11.3 Å². The third-order valence-corrected chi connectivity index (χ3v) is 3.43. The summed E-state index contributed by atoms with van der Waals surface area (Å²) in [7, 11) is 0. The normalized spacial score (nSPS) is 29.6. The average Bonchev–Trinajstić information content (AvgIpc) is 2.01. The van der Waals surface area contributed by atoms with E-state index < -0.39 is 0 Å². The molecule has 0 heterocycles. The summed E-state index contributed by atoms with van der Waals surface area (Å²) < 4.78 is 0. The SMILES string of the molecule is CC(C)N[C@@H]1CCCC[C@H]1C(C)(C)C. The minimum Gasteiger partial charge on any atom is -0.311 e. The van der Waals surface area contributed by atoms with Crippen LogP contribution in [0.25, 0.3) is 0 Å². The van der Waals surface area contributed by atoms with Crippen LogP contribution in [-0.4, -0.2) is 12.1 Å². The van der Waals surface area contributed by atoms with Crippen LogP contribution in [0.4, 0.5) is 0 Å². The smallest absolute Gasteiger partial charge is 0.0103 e. The Morgan fingerprint density at radius 3 is 2.14 bits per heavy atom. The van der Waals surface area contributed by atoms with Gasteiger partial charge in [-0.05, 0) is 24.2 Å². The van der Waals surface area contributed by atoms with Gasteiger partial charge >= 0.3 is 0 Å². The van der Waals surface area contributed by atoms with Gasteiger partial charge in [-0.3, -0.25) is 0 Å². The molecule has 0 bridgehead atoms. The Morgan fingerprint density at radius 2 is 1.64 bits per heavy atom. The molecular formula is C13H27N. The molecule has 0 radical (unpaired) electrons. The fourth-order valence-electron chi connectivity index (χ4n) is 2.80. The van der Waals surface area contributed by atoms with Crippen LogP contribution in [0.2, 0.25) is 0 Å². The maximum Gasteiger partial charge on any atom is 0.0103 e. The molecule has 1 N–H and O–H groups in total. The summed E-state index contributed by atoms with van der Waals surface area (Å²) in [6.45, 7) is 11.7. The Bertz CT molecular complexity index is 167. The van der Waals surface area contributed by atoms with Crippen LogP contribution < -0.4 is 5.32 Å². The molecule has 0 saturated heterocycles. The van der Waals surface area contributed by atoms with Gasteiger partial charge in [0.1, 0.15) is 0 Å². The second-order valence-corrected chi connectivity index (χ2v) is 6.18. The molecule has 14 heavy (non-hydrogen) atoms. The summed E-state index contributed by atoms with van der Waals surface area (Å²) in [6.07, 6.45) is 5.63. The monoisotopic (exact) mass is 197 g/mol. The van der Waals surface area contributed by atoms with Crippen molar-refractivity contribution < 1.29 is 0 Å². The molecule has 0 aromatic carbocycles. The summed E-state index contributed by atoms with van der Waals surface area (Å²) in [5.41, 5.74) is 0.465. The van der Waals surface area contributed by atoms with Crippen molar-refractivity contribution in [1.82, 2.24) is 5.32 Å². The van der Waals surface area contributed by atoms with E-state index >= 15 is 0 Å². The predicted octanol–water partition coefficient (Wildman–Crippen LogP) is 3.59. The van der Waals surface area contributed by atoms with Crippen molar-refractivity contribution in [3.05, 3.63) is 0 Å². The lowest BCUT2D eigenvalue weighted by Gasteiger charge is -2.41. The maximum atomic E-state index is 3.74. The van der Waals surface area contributed by atoms with Gasteiger partial charge in [0.25, 0.3) is 0 Å². The van der Waals surface area contributed by atoms with E-state index in [0.29, 0.717) is 11.5 Å². The molecular weight excluding hydrogens is 170 g/mol. The van der Waals surface area contributed by atoms with Gasteiger partial charge in [0.2, 0.25) is 0 Å². The standard InChI is InChI=1S/C13H27N/c1-10(2)14-12-9-7-6-8-11(12)13(3,4)5/h10-12,14H,6-9H2,1-5H3/t11-,12-/m1/s1. The van der Waals surface area contributed by atoms with Gasteiger partial charge in [-0.25, -0.2) is 0 Å². The Labute approximate surface area is 89.7 Å². The van der Waals surface area contributed by atoms with E-state index in [1.807, 2.05) is 0 Å². The minimum atomic E-state index is 0.465. The largest absolute Gasteiger partial charge is 0.311 e. The van der Waals surface area contributed by atoms with Crippen LogP contribution >= 0.6 is 0 Å². The fourth-order valence-corrected chi connectivity index (χ4v) is 2.80. The molecule has 1 rings (SSSR count). The first-order valence-corrected chi connectivity index (χ1v) is 6.17. The van der Waals surface area contributed by atoms with Gasteiger partial charge in [-0.1, -0.05) is 47.5 Å². The van der Waals surface area contributed by atoms with Crippen LogP contribution in [0.15, 0.2) is 0 Å². The van der Waals surface area contributed by atoms with Crippen molar-refractivity contribution in [3.63, 3.8) is 0 Å². The molecule has 1 saturated carbocycles. The van der Waals surface area contributed by atoms with Crippen molar-refractivity contribution in [2.75, 3.05) is 0 Å². The van der Waals surface area contributed by atoms with E-state index in [2.05, 4.69) is 39.9 Å². The van der Waals surface area contributed by atoms with Gasteiger partial charge in [0.15, 0.2) is 0 Å². The molecule has 0 aromatic heterocycles. The Morgan fingerprint density at radius 1 is 1.07 bits per heavy atom. The van der Waals surface area contributed by atoms with E-state index in [0.717, 1.165) is 12.0 Å². The van der Waals surface area contributed by atoms with E-state index in [4.69, 9.17) is 0 Å². The second-order valence-electron chi connectivity index (χ2n) is 6.18. The van der Waals surface area contributed by atoms with Crippen LogP contribution in [0.3, 0.4) is 0 Å². The van der Waals surface area contributed by atoms with E-state index in [-0.39, 0.29) is 0 Å². The first kappa shape index (κ1) is 12.0. The number of nitrogens with one attached hydrogen (secondary N) is 1. The number of hydrogen-bond donors (Lipinski definition) is 1. The molecule has 1 aliphatic carbocycles. The second kappa shape index (κ2) is 4.65. The van der Waals surface area contributed by atoms with Crippen molar-refractivity contribution in [2.45, 2.75) is 72.4 Å². The molecule has 1 fully saturated rings. The zero-order valence-electron chi connectivity index (χ0n) is 10.6. The Hall–Kier alpha value is -0.0400. The zero-order valence-corrected chi connectivity index (χ0v) is 10.6. The highest BCUT2D eigenvalue weighted by Crippen LogP contribution is 2.38. The van der Waals surface area contributed by atoms with Crippen LogP contribution in [-0.2, 0) is 0 Å². The summed E-state index contributed by atoms with van der Waals surface area (Å²) in [5.74, 6) is 0.860. The zero-order chi connectivity index (χ0) is 10.8. The highest BCUT2D eigenvalue weighted by molar-refractivity contribution is 4.88. The highest BCUT2D eigenvalue weighted by atomic mass is 14.9. The summed E-state index contributed by atoms with van der Waals surface area (Å²) in [5, 5.41) is 3.74. The fraction of sp³-hybridized carbons (Fsp3) is 1.00. The molecule has 1 aliphatic rings. The van der Waals surface area contributed by atoms with Gasteiger partial charge in [0.05, 0.1) is 0 Å². The number of hydrogen-bond acceptors (Lipinski definition) is 1. The van der Waals surface area contributed by atoms with Crippen LogP contribution in [0, 0.1) is 11.3 Å². The van der Waals surface area contributed by atoms with Crippen molar-refractivity contribution >= 4 is 0 Å². The molecule has 1 heteroatoms. The summed E-state index contributed by atoms with van der Waals surface area (Å²) >= 11 is 0. The molecule has 0 unspecified atom stereocenters. The molecule has 1 nitrogen and oxygen atoms in total. The molecule has 0 spiro atoms. The van der Waals surface area contributed by atoms with E-state index in [9.17, 15) is 0 Å². The third-order valence-electron chi connectivity index (χ3n) is 3.43. The van der Waals surface area contributed by atoms with E-state index in [1.54, 1.807) is 0 Å². The molecule has 0 aromatic rings. The molecule has 84 valence electrons. The molecule has 0 aliphatic heterocycles. The third kappa shape index (κ3) is 3.27. The topological polar surface area (TPSA) is 12.0 Å². The quantitative estimate of drug-likeness (QED) is 0.713. The minimum absolute atomic E-state index is 0.465. The van der Waals surface area contributed by atoms with E-state index in [1.165, 1.54) is 25.7 Å². The average molecular weight is 197 g/mol.